The second-order valence-corrected chi connectivity index (χ2v) is 8.39. The Morgan fingerprint density at radius 3 is 2.57 bits per heavy atom. The van der Waals surface area contributed by atoms with Crippen LogP contribution in [0.1, 0.15) is 25.3 Å². The number of benzene rings is 3. The van der Waals surface area contributed by atoms with Gasteiger partial charge in [-0.2, -0.15) is 4.98 Å². The average Bonchev–Trinajstić information content (AvgIpc) is 2.87. The first kappa shape index (κ1) is 24.0. The number of aromatic nitrogens is 2. The molecule has 0 atom stereocenters. The summed E-state index contributed by atoms with van der Waals surface area (Å²) in [6.45, 7) is 6.88. The van der Waals surface area contributed by atoms with Crippen LogP contribution in [-0.2, 0) is 11.2 Å². The second kappa shape index (κ2) is 11.8. The first-order chi connectivity index (χ1) is 17.1. The van der Waals surface area contributed by atoms with Gasteiger partial charge >= 0.3 is 0 Å². The van der Waals surface area contributed by atoms with Gasteiger partial charge in [-0.15, -0.1) is 6.58 Å². The number of carbonyl (C=O) groups excluding carboxylic acids is 1. The lowest BCUT2D eigenvalue weighted by molar-refractivity contribution is -0.114. The van der Waals surface area contributed by atoms with Crippen molar-refractivity contribution in [1.82, 2.24) is 9.97 Å². The quantitative estimate of drug-likeness (QED) is 0.200. The molecule has 0 aliphatic heterocycles. The Morgan fingerprint density at radius 1 is 0.971 bits per heavy atom. The summed E-state index contributed by atoms with van der Waals surface area (Å²) in [5.41, 5.74) is 4.01. The van der Waals surface area contributed by atoms with Gasteiger partial charge in [0.1, 0.15) is 5.82 Å². The first-order valence-corrected chi connectivity index (χ1v) is 11.9. The van der Waals surface area contributed by atoms with E-state index in [-0.39, 0.29) is 5.91 Å². The maximum absolute atomic E-state index is 11.3. The highest BCUT2D eigenvalue weighted by molar-refractivity contribution is 5.92. The van der Waals surface area contributed by atoms with E-state index in [1.165, 1.54) is 12.5 Å². The maximum Gasteiger partial charge on any atom is 0.225 e. The number of nitrogens with zero attached hydrogens (tertiary/aromatic N) is 3. The van der Waals surface area contributed by atoms with Gasteiger partial charge in [-0.1, -0.05) is 48.5 Å². The van der Waals surface area contributed by atoms with Gasteiger partial charge in [-0.05, 0) is 61.2 Å². The Bertz CT molecular complexity index is 1290. The van der Waals surface area contributed by atoms with Gasteiger partial charge in [0.15, 0.2) is 0 Å². The lowest BCUT2D eigenvalue weighted by Crippen LogP contribution is -2.19. The largest absolute Gasteiger partial charge is 0.354 e. The number of rotatable bonds is 11. The molecule has 4 rings (SSSR count). The fraction of sp³-hybridized carbons (Fsp3) is 0.207. The Balaban J connectivity index is 1.44. The van der Waals surface area contributed by atoms with Crippen LogP contribution in [0.5, 0.6) is 0 Å². The molecule has 0 bridgehead atoms. The highest BCUT2D eigenvalue weighted by atomic mass is 16.1. The molecule has 0 spiro atoms. The SMILES string of the molecule is C=CCN(c1ccccc1)c1nc(NCCCCc2cccc(NC(C)=O)c2)nc2ccccc12. The molecule has 0 aliphatic rings. The number of anilines is 4. The van der Waals surface area contributed by atoms with Crippen LogP contribution in [0.15, 0.2) is 91.5 Å². The minimum atomic E-state index is -0.0555. The molecule has 35 heavy (non-hydrogen) atoms. The van der Waals surface area contributed by atoms with Gasteiger partial charge in [0.2, 0.25) is 11.9 Å². The molecule has 0 saturated heterocycles. The standard InChI is InChI=1S/C29H31N5O/c1-3-20-34(25-15-5-4-6-16-25)28-26-17-7-8-18-27(26)32-29(33-28)30-19-10-9-12-23-13-11-14-24(21-23)31-22(2)35/h3-8,11,13-18,21H,1,9-10,12,19-20H2,2H3,(H,31,35)(H,30,32,33). The summed E-state index contributed by atoms with van der Waals surface area (Å²) in [5.74, 6) is 1.43. The van der Waals surface area contributed by atoms with Gasteiger partial charge in [0.25, 0.3) is 0 Å². The Morgan fingerprint density at radius 2 is 1.77 bits per heavy atom. The Kier molecular flexibility index (Phi) is 8.07. The summed E-state index contributed by atoms with van der Waals surface area (Å²) in [4.78, 5) is 23.1. The molecule has 1 amide bonds. The Labute approximate surface area is 206 Å². The molecule has 2 N–H and O–H groups in total. The number of amides is 1. The topological polar surface area (TPSA) is 70.2 Å². The third kappa shape index (κ3) is 6.44. The molecule has 4 aromatic rings. The molecule has 178 valence electrons. The van der Waals surface area contributed by atoms with Crippen LogP contribution in [0.4, 0.5) is 23.1 Å². The van der Waals surface area contributed by atoms with Gasteiger partial charge in [0.05, 0.1) is 5.52 Å². The molecule has 3 aromatic carbocycles. The van der Waals surface area contributed by atoms with E-state index in [1.54, 1.807) is 0 Å². The van der Waals surface area contributed by atoms with E-state index in [4.69, 9.17) is 9.97 Å². The zero-order chi connectivity index (χ0) is 24.5. The van der Waals surface area contributed by atoms with Crippen molar-refractivity contribution in [2.75, 3.05) is 28.6 Å². The molecule has 0 saturated carbocycles. The average molecular weight is 466 g/mol. The number of carbonyl (C=O) groups is 1. The zero-order valence-corrected chi connectivity index (χ0v) is 20.1. The smallest absolute Gasteiger partial charge is 0.225 e. The number of hydrogen-bond donors (Lipinski definition) is 2. The molecule has 0 aliphatic carbocycles. The number of unbranched alkanes of at least 4 members (excludes halogenated alkanes) is 1. The minimum Gasteiger partial charge on any atom is -0.354 e. The van der Waals surface area contributed by atoms with Crippen molar-refractivity contribution in [3.63, 3.8) is 0 Å². The Hall–Kier alpha value is -4.19. The van der Waals surface area contributed by atoms with Crippen LogP contribution in [0.2, 0.25) is 0 Å². The van der Waals surface area contributed by atoms with Crippen LogP contribution in [-0.4, -0.2) is 29.0 Å². The third-order valence-electron chi connectivity index (χ3n) is 5.64. The number of para-hydroxylation sites is 2. The van der Waals surface area contributed by atoms with Crippen molar-refractivity contribution < 1.29 is 4.79 Å². The second-order valence-electron chi connectivity index (χ2n) is 8.39. The molecule has 0 fully saturated rings. The number of hydrogen-bond acceptors (Lipinski definition) is 5. The van der Waals surface area contributed by atoms with Crippen molar-refractivity contribution in [2.24, 2.45) is 0 Å². The lowest BCUT2D eigenvalue weighted by atomic mass is 10.1. The minimum absolute atomic E-state index is 0.0555. The van der Waals surface area contributed by atoms with Crippen LogP contribution < -0.4 is 15.5 Å². The lowest BCUT2D eigenvalue weighted by Gasteiger charge is -2.24. The highest BCUT2D eigenvalue weighted by Gasteiger charge is 2.15. The number of nitrogens with one attached hydrogen (secondary N) is 2. The molecular weight excluding hydrogens is 434 g/mol. The normalized spacial score (nSPS) is 10.7. The summed E-state index contributed by atoms with van der Waals surface area (Å²) in [6.07, 6.45) is 4.83. The van der Waals surface area contributed by atoms with Crippen molar-refractivity contribution in [3.05, 3.63) is 97.1 Å². The summed E-state index contributed by atoms with van der Waals surface area (Å²) in [6, 6.07) is 26.3. The highest BCUT2D eigenvalue weighted by Crippen LogP contribution is 2.31. The predicted octanol–water partition coefficient (Wildman–Crippen LogP) is 6.35. The summed E-state index contributed by atoms with van der Waals surface area (Å²) >= 11 is 0. The van der Waals surface area contributed by atoms with Crippen molar-refractivity contribution in [1.29, 1.82) is 0 Å². The molecule has 0 unspecified atom stereocenters. The van der Waals surface area contributed by atoms with Gasteiger partial charge < -0.3 is 15.5 Å². The number of aryl methyl sites for hydroxylation is 1. The predicted molar refractivity (Wildman–Crippen MR) is 145 cm³/mol. The third-order valence-corrected chi connectivity index (χ3v) is 5.64. The van der Waals surface area contributed by atoms with E-state index in [0.717, 1.165) is 53.9 Å². The number of fused-ring (bicyclic) bond motifs is 1. The van der Waals surface area contributed by atoms with E-state index in [1.807, 2.05) is 60.7 Å². The summed E-state index contributed by atoms with van der Waals surface area (Å²) in [5, 5.41) is 7.26. The molecule has 6 heteroatoms. The van der Waals surface area contributed by atoms with Crippen LogP contribution in [0, 0.1) is 0 Å². The molecular formula is C29H31N5O. The molecule has 0 radical (unpaired) electrons. The summed E-state index contributed by atoms with van der Waals surface area (Å²) in [7, 11) is 0. The van der Waals surface area contributed by atoms with Gasteiger partial charge in [0, 0.05) is 36.8 Å². The van der Waals surface area contributed by atoms with E-state index in [9.17, 15) is 4.79 Å². The van der Waals surface area contributed by atoms with Crippen molar-refractivity contribution in [3.8, 4) is 0 Å². The van der Waals surface area contributed by atoms with Gasteiger partial charge in [-0.25, -0.2) is 4.98 Å². The fourth-order valence-electron chi connectivity index (χ4n) is 4.06. The summed E-state index contributed by atoms with van der Waals surface area (Å²) < 4.78 is 0. The molecule has 6 nitrogen and oxygen atoms in total. The fourth-order valence-corrected chi connectivity index (χ4v) is 4.06. The van der Waals surface area contributed by atoms with E-state index in [0.29, 0.717) is 12.5 Å². The van der Waals surface area contributed by atoms with E-state index >= 15 is 0 Å². The van der Waals surface area contributed by atoms with Gasteiger partial charge in [-0.3, -0.25) is 4.79 Å². The van der Waals surface area contributed by atoms with Crippen LogP contribution in [0.25, 0.3) is 10.9 Å². The van der Waals surface area contributed by atoms with Crippen molar-refractivity contribution in [2.45, 2.75) is 26.2 Å². The van der Waals surface area contributed by atoms with Crippen LogP contribution >= 0.6 is 0 Å². The van der Waals surface area contributed by atoms with Crippen LogP contribution in [0.3, 0.4) is 0 Å². The molecule has 1 heterocycles. The first-order valence-electron chi connectivity index (χ1n) is 11.9. The van der Waals surface area contributed by atoms with E-state index < -0.39 is 0 Å². The zero-order valence-electron chi connectivity index (χ0n) is 20.1. The monoisotopic (exact) mass is 465 g/mol. The maximum atomic E-state index is 11.3. The van der Waals surface area contributed by atoms with E-state index in [2.05, 4.69) is 46.4 Å². The molecule has 1 aromatic heterocycles. The van der Waals surface area contributed by atoms with Crippen molar-refractivity contribution >= 4 is 40.0 Å².